The minimum absolute atomic E-state index is 0.0916. The highest BCUT2D eigenvalue weighted by Gasteiger charge is 2.30. The van der Waals surface area contributed by atoms with E-state index in [1.165, 1.54) is 5.56 Å². The molecule has 0 N–H and O–H groups in total. The van der Waals surface area contributed by atoms with E-state index >= 15 is 0 Å². The van der Waals surface area contributed by atoms with Gasteiger partial charge in [0.05, 0.1) is 18.2 Å². The van der Waals surface area contributed by atoms with E-state index in [4.69, 9.17) is 0 Å². The molecule has 1 saturated heterocycles. The van der Waals surface area contributed by atoms with Crippen LogP contribution >= 0.6 is 11.3 Å². The Labute approximate surface area is 163 Å². The SMILES string of the molecule is CN1CCN(C(=O)Cc2csc(-c3cccnc3)n2)C(c2ccccc2)C1. The van der Waals surface area contributed by atoms with Crippen LogP contribution in [0.2, 0.25) is 0 Å². The van der Waals surface area contributed by atoms with Crippen LogP contribution in [0.5, 0.6) is 0 Å². The van der Waals surface area contributed by atoms with Gasteiger partial charge in [0.1, 0.15) is 5.01 Å². The van der Waals surface area contributed by atoms with Gasteiger partial charge in [0.15, 0.2) is 0 Å². The van der Waals surface area contributed by atoms with E-state index in [2.05, 4.69) is 34.0 Å². The molecule has 1 fully saturated rings. The van der Waals surface area contributed by atoms with Crippen molar-refractivity contribution in [2.24, 2.45) is 0 Å². The first-order chi connectivity index (χ1) is 13.2. The molecule has 0 aliphatic carbocycles. The average Bonchev–Trinajstić information content (AvgIpc) is 3.17. The Balaban J connectivity index is 1.51. The number of hydrogen-bond acceptors (Lipinski definition) is 5. The summed E-state index contributed by atoms with van der Waals surface area (Å²) in [5.41, 5.74) is 3.00. The molecule has 1 aliphatic heterocycles. The number of amides is 1. The summed E-state index contributed by atoms with van der Waals surface area (Å²) in [7, 11) is 2.11. The smallest absolute Gasteiger partial charge is 0.229 e. The van der Waals surface area contributed by atoms with E-state index in [1.807, 2.05) is 40.6 Å². The Kier molecular flexibility index (Phi) is 5.27. The van der Waals surface area contributed by atoms with Crippen LogP contribution in [0.15, 0.2) is 60.2 Å². The Bertz CT molecular complexity index is 897. The third kappa shape index (κ3) is 4.07. The van der Waals surface area contributed by atoms with Gasteiger partial charge >= 0.3 is 0 Å². The number of hydrogen-bond donors (Lipinski definition) is 0. The quantitative estimate of drug-likeness (QED) is 0.699. The molecule has 1 unspecified atom stereocenters. The van der Waals surface area contributed by atoms with Crippen LogP contribution < -0.4 is 0 Å². The second-order valence-electron chi connectivity index (χ2n) is 6.84. The molecule has 1 aromatic carbocycles. The molecule has 6 heteroatoms. The van der Waals surface area contributed by atoms with Crippen molar-refractivity contribution in [3.63, 3.8) is 0 Å². The molecule has 0 saturated carbocycles. The van der Waals surface area contributed by atoms with Gasteiger partial charge in [0.2, 0.25) is 5.91 Å². The third-order valence-corrected chi connectivity index (χ3v) is 5.82. The number of pyridine rings is 1. The Morgan fingerprint density at radius 1 is 1.19 bits per heavy atom. The molecule has 3 heterocycles. The molecule has 3 aromatic rings. The predicted molar refractivity (Wildman–Crippen MR) is 107 cm³/mol. The highest BCUT2D eigenvalue weighted by atomic mass is 32.1. The van der Waals surface area contributed by atoms with Crippen LogP contribution in [-0.4, -0.2) is 52.4 Å². The fourth-order valence-corrected chi connectivity index (χ4v) is 4.26. The van der Waals surface area contributed by atoms with Crippen molar-refractivity contribution in [2.75, 3.05) is 26.7 Å². The molecule has 27 heavy (non-hydrogen) atoms. The maximum atomic E-state index is 13.1. The van der Waals surface area contributed by atoms with Crippen molar-refractivity contribution in [3.8, 4) is 10.6 Å². The van der Waals surface area contributed by atoms with Crippen molar-refractivity contribution in [1.82, 2.24) is 19.8 Å². The van der Waals surface area contributed by atoms with Gasteiger partial charge in [-0.1, -0.05) is 30.3 Å². The van der Waals surface area contributed by atoms with E-state index in [-0.39, 0.29) is 11.9 Å². The van der Waals surface area contributed by atoms with E-state index in [1.54, 1.807) is 23.7 Å². The van der Waals surface area contributed by atoms with Crippen molar-refractivity contribution in [2.45, 2.75) is 12.5 Å². The zero-order valence-corrected chi connectivity index (χ0v) is 16.1. The molecule has 0 bridgehead atoms. The van der Waals surface area contributed by atoms with Gasteiger partial charge in [-0.25, -0.2) is 4.98 Å². The number of nitrogens with zero attached hydrogens (tertiary/aromatic N) is 4. The molecule has 0 spiro atoms. The monoisotopic (exact) mass is 378 g/mol. The second-order valence-corrected chi connectivity index (χ2v) is 7.70. The zero-order chi connectivity index (χ0) is 18.6. The highest BCUT2D eigenvalue weighted by molar-refractivity contribution is 7.13. The minimum atomic E-state index is 0.0916. The lowest BCUT2D eigenvalue weighted by Crippen LogP contribution is -2.49. The molecular formula is C21H22N4OS. The average molecular weight is 379 g/mol. The molecule has 138 valence electrons. The number of benzene rings is 1. The first-order valence-electron chi connectivity index (χ1n) is 9.08. The zero-order valence-electron chi connectivity index (χ0n) is 15.3. The lowest BCUT2D eigenvalue weighted by Gasteiger charge is -2.40. The van der Waals surface area contributed by atoms with Gasteiger partial charge in [0.25, 0.3) is 0 Å². The maximum Gasteiger partial charge on any atom is 0.229 e. The van der Waals surface area contributed by atoms with Crippen LogP contribution in [0.25, 0.3) is 10.6 Å². The van der Waals surface area contributed by atoms with Gasteiger partial charge in [-0.3, -0.25) is 9.78 Å². The summed E-state index contributed by atoms with van der Waals surface area (Å²) in [6.45, 7) is 2.50. The molecule has 1 amide bonds. The van der Waals surface area contributed by atoms with E-state index in [0.717, 1.165) is 35.9 Å². The number of likely N-dealkylation sites (N-methyl/N-ethyl adjacent to an activating group) is 1. The summed E-state index contributed by atoms with van der Waals surface area (Å²) in [5, 5.41) is 2.89. The fraction of sp³-hybridized carbons (Fsp3) is 0.286. The normalized spacial score (nSPS) is 17.8. The largest absolute Gasteiger partial charge is 0.333 e. The Morgan fingerprint density at radius 2 is 2.04 bits per heavy atom. The predicted octanol–water partition coefficient (Wildman–Crippen LogP) is 3.26. The standard InChI is InChI=1S/C21H22N4OS/c1-24-10-11-25(19(14-24)16-6-3-2-4-7-16)20(26)12-18-15-27-21(23-18)17-8-5-9-22-13-17/h2-9,13,15,19H,10-12,14H2,1H3. The van der Waals surface area contributed by atoms with Gasteiger partial charge < -0.3 is 9.80 Å². The van der Waals surface area contributed by atoms with Crippen molar-refractivity contribution in [1.29, 1.82) is 0 Å². The highest BCUT2D eigenvalue weighted by Crippen LogP contribution is 2.27. The molecule has 4 rings (SSSR count). The number of carbonyl (C=O) groups excluding carboxylic acids is 1. The third-order valence-electron chi connectivity index (χ3n) is 4.88. The van der Waals surface area contributed by atoms with Crippen LogP contribution in [-0.2, 0) is 11.2 Å². The summed E-state index contributed by atoms with van der Waals surface area (Å²) in [6, 6.07) is 14.3. The lowest BCUT2D eigenvalue weighted by atomic mass is 10.0. The van der Waals surface area contributed by atoms with Crippen LogP contribution in [0, 0.1) is 0 Å². The molecule has 2 aromatic heterocycles. The fourth-order valence-electron chi connectivity index (χ4n) is 3.44. The number of carbonyl (C=O) groups is 1. The first kappa shape index (κ1) is 17.8. The van der Waals surface area contributed by atoms with Crippen LogP contribution in [0.1, 0.15) is 17.3 Å². The van der Waals surface area contributed by atoms with Gasteiger partial charge in [-0.05, 0) is 24.7 Å². The summed E-state index contributed by atoms with van der Waals surface area (Å²) in [6.07, 6.45) is 3.89. The summed E-state index contributed by atoms with van der Waals surface area (Å²) >= 11 is 1.56. The van der Waals surface area contributed by atoms with Crippen molar-refractivity contribution < 1.29 is 4.79 Å². The van der Waals surface area contributed by atoms with E-state index in [0.29, 0.717) is 6.42 Å². The van der Waals surface area contributed by atoms with Gasteiger partial charge in [0, 0.05) is 43.0 Å². The molecule has 1 aliphatic rings. The summed E-state index contributed by atoms with van der Waals surface area (Å²) in [4.78, 5) is 26.1. The molecule has 0 radical (unpaired) electrons. The Morgan fingerprint density at radius 3 is 2.81 bits per heavy atom. The summed E-state index contributed by atoms with van der Waals surface area (Å²) in [5.74, 6) is 0.139. The Hall–Kier alpha value is -2.57. The molecule has 5 nitrogen and oxygen atoms in total. The topological polar surface area (TPSA) is 49.3 Å². The number of thiazole rings is 1. The molecule has 1 atom stereocenters. The van der Waals surface area contributed by atoms with Gasteiger partial charge in [-0.2, -0.15) is 0 Å². The summed E-state index contributed by atoms with van der Waals surface area (Å²) < 4.78 is 0. The van der Waals surface area contributed by atoms with E-state index < -0.39 is 0 Å². The molecular weight excluding hydrogens is 356 g/mol. The van der Waals surface area contributed by atoms with Crippen LogP contribution in [0.4, 0.5) is 0 Å². The van der Waals surface area contributed by atoms with E-state index in [9.17, 15) is 4.79 Å². The minimum Gasteiger partial charge on any atom is -0.333 e. The number of aromatic nitrogens is 2. The van der Waals surface area contributed by atoms with Gasteiger partial charge in [-0.15, -0.1) is 11.3 Å². The lowest BCUT2D eigenvalue weighted by molar-refractivity contribution is -0.135. The van der Waals surface area contributed by atoms with Crippen LogP contribution in [0.3, 0.4) is 0 Å². The van der Waals surface area contributed by atoms with Crippen molar-refractivity contribution in [3.05, 3.63) is 71.5 Å². The second kappa shape index (κ2) is 7.98. The van der Waals surface area contributed by atoms with Crippen molar-refractivity contribution >= 4 is 17.2 Å². The number of piperazine rings is 1. The maximum absolute atomic E-state index is 13.1. The first-order valence-corrected chi connectivity index (χ1v) is 9.96. The number of rotatable bonds is 4.